The van der Waals surface area contributed by atoms with E-state index in [0.717, 1.165) is 29.7 Å². The minimum absolute atomic E-state index is 0.277. The molecule has 0 saturated carbocycles. The molecule has 2 rings (SSSR count). The van der Waals surface area contributed by atoms with E-state index in [1.165, 1.54) is 0 Å². The molecule has 0 amide bonds. The molecule has 0 bridgehead atoms. The van der Waals surface area contributed by atoms with Crippen LogP contribution in [0.3, 0.4) is 0 Å². The van der Waals surface area contributed by atoms with Crippen LogP contribution in [0.1, 0.15) is 30.9 Å². The van der Waals surface area contributed by atoms with Crippen molar-refractivity contribution < 1.29 is 14.2 Å². The molecule has 5 nitrogen and oxygen atoms in total. The Kier molecular flexibility index (Phi) is 4.07. The summed E-state index contributed by atoms with van der Waals surface area (Å²) < 4.78 is 16.4. The number of ether oxygens (including phenoxy) is 3. The molecule has 0 unspecified atom stereocenters. The maximum Gasteiger partial charge on any atom is 0.279 e. The molecule has 1 aromatic rings. The Morgan fingerprint density at radius 1 is 1.26 bits per heavy atom. The van der Waals surface area contributed by atoms with Crippen molar-refractivity contribution in [2.75, 3.05) is 20.8 Å². The number of fused-ring (bicyclic) bond motifs is 1. The molecular formula is C14H20N2O3. The molecule has 2 N–H and O–H groups in total. The van der Waals surface area contributed by atoms with Crippen LogP contribution < -0.4 is 10.1 Å². The van der Waals surface area contributed by atoms with Crippen molar-refractivity contribution in [3.8, 4) is 5.75 Å². The second kappa shape index (κ2) is 5.59. The Hall–Kier alpha value is -1.59. The van der Waals surface area contributed by atoms with Crippen LogP contribution in [0.4, 0.5) is 0 Å². The monoisotopic (exact) mass is 264 g/mol. The van der Waals surface area contributed by atoms with E-state index in [0.29, 0.717) is 6.61 Å². The normalized spacial score (nSPS) is 16.1. The first-order chi connectivity index (χ1) is 9.16. The highest BCUT2D eigenvalue weighted by Gasteiger charge is 2.42. The van der Waals surface area contributed by atoms with Gasteiger partial charge in [0.2, 0.25) is 0 Å². The second-order valence-corrected chi connectivity index (χ2v) is 4.43. The van der Waals surface area contributed by atoms with Gasteiger partial charge in [-0.25, -0.2) is 0 Å². The highest BCUT2D eigenvalue weighted by Crippen LogP contribution is 2.34. The van der Waals surface area contributed by atoms with E-state index in [2.05, 4.69) is 12.2 Å². The van der Waals surface area contributed by atoms with Gasteiger partial charge in [0.1, 0.15) is 11.6 Å². The minimum atomic E-state index is -1.06. The summed E-state index contributed by atoms with van der Waals surface area (Å²) in [6.45, 7) is 2.81. The van der Waals surface area contributed by atoms with E-state index in [1.54, 1.807) is 14.2 Å². The molecule has 0 saturated heterocycles. The average molecular weight is 264 g/mol. The van der Waals surface area contributed by atoms with Crippen LogP contribution in [0, 0.1) is 5.41 Å². The van der Waals surface area contributed by atoms with E-state index in [9.17, 15) is 0 Å². The smallest absolute Gasteiger partial charge is 0.279 e. The van der Waals surface area contributed by atoms with Gasteiger partial charge in [-0.3, -0.25) is 5.41 Å². The number of hydrogen-bond donors (Lipinski definition) is 2. The predicted octanol–water partition coefficient (Wildman–Crippen LogP) is 2.20. The highest BCUT2D eigenvalue weighted by molar-refractivity contribution is 6.01. The van der Waals surface area contributed by atoms with Crippen molar-refractivity contribution in [2.45, 2.75) is 25.7 Å². The zero-order valence-corrected chi connectivity index (χ0v) is 11.6. The van der Waals surface area contributed by atoms with Gasteiger partial charge in [0.05, 0.1) is 6.61 Å². The maximum atomic E-state index is 7.98. The average Bonchev–Trinajstić information content (AvgIpc) is 2.72. The lowest BCUT2D eigenvalue weighted by Gasteiger charge is -2.26. The third-order valence-electron chi connectivity index (χ3n) is 3.25. The van der Waals surface area contributed by atoms with Gasteiger partial charge in [0.15, 0.2) is 0 Å². The summed E-state index contributed by atoms with van der Waals surface area (Å²) in [4.78, 5) is 0. The Bertz CT molecular complexity index is 470. The Labute approximate surface area is 113 Å². The highest BCUT2D eigenvalue weighted by atomic mass is 16.7. The van der Waals surface area contributed by atoms with Crippen LogP contribution in [0.2, 0.25) is 0 Å². The van der Waals surface area contributed by atoms with E-state index < -0.39 is 5.91 Å². The van der Waals surface area contributed by atoms with Crippen LogP contribution in [-0.4, -0.2) is 26.7 Å². The fraction of sp³-hybridized carbons (Fsp3) is 0.500. The van der Waals surface area contributed by atoms with Gasteiger partial charge in [-0.05, 0) is 24.6 Å². The van der Waals surface area contributed by atoms with Gasteiger partial charge >= 0.3 is 0 Å². The molecule has 1 aliphatic rings. The molecule has 1 aromatic carbocycles. The van der Waals surface area contributed by atoms with E-state index in [4.69, 9.17) is 19.6 Å². The lowest BCUT2D eigenvalue weighted by Crippen LogP contribution is -2.42. The second-order valence-electron chi connectivity index (χ2n) is 4.43. The van der Waals surface area contributed by atoms with E-state index in [-0.39, 0.29) is 5.84 Å². The van der Waals surface area contributed by atoms with E-state index in [1.807, 2.05) is 18.2 Å². The zero-order valence-electron chi connectivity index (χ0n) is 11.6. The largest absolute Gasteiger partial charge is 0.494 e. The van der Waals surface area contributed by atoms with Crippen LogP contribution in [0.5, 0.6) is 5.75 Å². The molecule has 5 heteroatoms. The lowest BCUT2D eigenvalue weighted by atomic mass is 10.1. The van der Waals surface area contributed by atoms with Crippen molar-refractivity contribution in [3.63, 3.8) is 0 Å². The molecule has 0 radical (unpaired) electrons. The van der Waals surface area contributed by atoms with Crippen molar-refractivity contribution in [3.05, 3.63) is 29.3 Å². The molecule has 0 aromatic heterocycles. The Morgan fingerprint density at radius 2 is 2.00 bits per heavy atom. The molecule has 0 atom stereocenters. The van der Waals surface area contributed by atoms with Crippen LogP contribution in [0.15, 0.2) is 18.2 Å². The first-order valence-electron chi connectivity index (χ1n) is 6.41. The van der Waals surface area contributed by atoms with Crippen molar-refractivity contribution >= 4 is 5.84 Å². The van der Waals surface area contributed by atoms with Gasteiger partial charge in [-0.1, -0.05) is 13.3 Å². The first-order valence-corrected chi connectivity index (χ1v) is 6.41. The summed E-state index contributed by atoms with van der Waals surface area (Å²) in [7, 11) is 3.09. The van der Waals surface area contributed by atoms with Gasteiger partial charge < -0.3 is 19.5 Å². The molecule has 0 fully saturated rings. The number of unbranched alkanes of at least 4 members (excludes halogenated alkanes) is 1. The number of methoxy groups -OCH3 is 2. The number of benzene rings is 1. The fourth-order valence-electron chi connectivity index (χ4n) is 2.15. The first kappa shape index (κ1) is 13.8. The van der Waals surface area contributed by atoms with E-state index >= 15 is 0 Å². The zero-order chi connectivity index (χ0) is 13.9. The third-order valence-corrected chi connectivity index (χ3v) is 3.25. The molecular weight excluding hydrogens is 244 g/mol. The molecule has 0 aliphatic carbocycles. The minimum Gasteiger partial charge on any atom is -0.494 e. The summed E-state index contributed by atoms with van der Waals surface area (Å²) in [5.74, 6) is -0.0182. The summed E-state index contributed by atoms with van der Waals surface area (Å²) in [6, 6.07) is 5.60. The van der Waals surface area contributed by atoms with Gasteiger partial charge in [0.25, 0.3) is 5.91 Å². The molecule has 104 valence electrons. The standard InChI is InChI=1S/C14H20N2O3/c1-4-5-8-19-10-6-7-12-11(9-10)13(15)16-14(12,17-2)18-3/h6-7,9H,4-5,8H2,1-3H3,(H2,15,16). The lowest BCUT2D eigenvalue weighted by molar-refractivity contribution is -0.223. The molecule has 0 spiro atoms. The number of rotatable bonds is 6. The maximum absolute atomic E-state index is 7.98. The van der Waals surface area contributed by atoms with Crippen LogP contribution in [0.25, 0.3) is 0 Å². The Balaban J connectivity index is 2.26. The van der Waals surface area contributed by atoms with Crippen LogP contribution >= 0.6 is 0 Å². The van der Waals surface area contributed by atoms with Gasteiger partial charge in [-0.2, -0.15) is 0 Å². The van der Waals surface area contributed by atoms with Gasteiger partial charge in [0, 0.05) is 25.3 Å². The Morgan fingerprint density at radius 3 is 2.63 bits per heavy atom. The molecule has 19 heavy (non-hydrogen) atoms. The number of amidine groups is 1. The van der Waals surface area contributed by atoms with Crippen molar-refractivity contribution in [2.24, 2.45) is 0 Å². The summed E-state index contributed by atoms with van der Waals surface area (Å²) in [5, 5.41) is 10.9. The van der Waals surface area contributed by atoms with Crippen LogP contribution in [-0.2, 0) is 15.4 Å². The fourth-order valence-corrected chi connectivity index (χ4v) is 2.15. The number of nitrogens with one attached hydrogen (secondary N) is 2. The van der Waals surface area contributed by atoms with Gasteiger partial charge in [-0.15, -0.1) is 0 Å². The summed E-state index contributed by atoms with van der Waals surface area (Å²) >= 11 is 0. The molecule has 1 heterocycles. The topological polar surface area (TPSA) is 63.6 Å². The molecule has 1 aliphatic heterocycles. The summed E-state index contributed by atoms with van der Waals surface area (Å²) in [6.07, 6.45) is 2.12. The SMILES string of the molecule is CCCCOc1ccc2c(c1)C(=N)NC2(OC)OC. The predicted molar refractivity (Wildman–Crippen MR) is 72.5 cm³/mol. The third kappa shape index (κ3) is 2.43. The quantitative estimate of drug-likeness (QED) is 0.610. The van der Waals surface area contributed by atoms with Crippen molar-refractivity contribution in [1.82, 2.24) is 5.32 Å². The summed E-state index contributed by atoms with van der Waals surface area (Å²) in [5.41, 5.74) is 1.54. The number of hydrogen-bond acceptors (Lipinski definition) is 4. The van der Waals surface area contributed by atoms with Crippen molar-refractivity contribution in [1.29, 1.82) is 5.41 Å².